The molecule has 0 radical (unpaired) electrons. The van der Waals surface area contributed by atoms with E-state index in [0.717, 1.165) is 0 Å². The van der Waals surface area contributed by atoms with E-state index >= 15 is 0 Å². The minimum absolute atomic E-state index is 0.0475. The highest BCUT2D eigenvalue weighted by Gasteiger charge is 2.17. The lowest BCUT2D eigenvalue weighted by Crippen LogP contribution is -2.16. The molecule has 0 N–H and O–H groups in total. The lowest BCUT2D eigenvalue weighted by atomic mass is 10.1. The van der Waals surface area contributed by atoms with Crippen molar-refractivity contribution in [1.82, 2.24) is 0 Å². The van der Waals surface area contributed by atoms with Crippen molar-refractivity contribution in [1.29, 1.82) is 5.26 Å². The smallest absolute Gasteiger partial charge is 0.341 e. The molecule has 0 saturated heterocycles. The fourth-order valence-electron chi connectivity index (χ4n) is 1.50. The van der Waals surface area contributed by atoms with Gasteiger partial charge in [0, 0.05) is 7.11 Å². The average molecular weight is 308 g/mol. The fourth-order valence-corrected chi connectivity index (χ4v) is 1.73. The molecule has 0 amide bonds. The Balaban J connectivity index is 3.09. The van der Waals surface area contributed by atoms with Crippen LogP contribution in [0.25, 0.3) is 6.08 Å². The van der Waals surface area contributed by atoms with Gasteiger partial charge < -0.3 is 9.47 Å². The maximum atomic E-state index is 11.9. The van der Waals surface area contributed by atoms with Crippen molar-refractivity contribution in [2.45, 2.75) is 6.92 Å². The zero-order valence-corrected chi connectivity index (χ0v) is 12.4. The summed E-state index contributed by atoms with van der Waals surface area (Å²) < 4.78 is 9.67. The van der Waals surface area contributed by atoms with Gasteiger partial charge in [-0.3, -0.25) is 4.79 Å². The van der Waals surface area contributed by atoms with Gasteiger partial charge in [0.05, 0.1) is 17.2 Å². The molecule has 0 unspecified atom stereocenters. The zero-order chi connectivity index (χ0) is 15.8. The highest BCUT2D eigenvalue weighted by atomic mass is 35.5. The molecule has 1 rings (SSSR count). The molecule has 1 aromatic rings. The third-order valence-electron chi connectivity index (χ3n) is 2.57. The number of Topliss-reactive ketones (excluding diaryl/α,β-unsaturated/α-hetero) is 1. The molecule has 0 bridgehead atoms. The molecule has 6 heteroatoms. The number of hydrogen-bond acceptors (Lipinski definition) is 5. The number of benzene rings is 1. The van der Waals surface area contributed by atoms with Crippen LogP contribution >= 0.6 is 11.6 Å². The number of ether oxygens (including phenoxy) is 2. The van der Waals surface area contributed by atoms with Crippen molar-refractivity contribution in [3.8, 4) is 6.07 Å². The minimum atomic E-state index is -0.752. The molecule has 0 aromatic heterocycles. The summed E-state index contributed by atoms with van der Waals surface area (Å²) in [4.78, 5) is 23.4. The molecule has 0 aliphatic heterocycles. The van der Waals surface area contributed by atoms with E-state index in [1.54, 1.807) is 18.2 Å². The number of rotatable bonds is 6. The Hall–Kier alpha value is -2.16. The van der Waals surface area contributed by atoms with E-state index in [-0.39, 0.29) is 29.4 Å². The number of methoxy groups -OCH3 is 1. The van der Waals surface area contributed by atoms with Gasteiger partial charge in [0.2, 0.25) is 0 Å². The molecule has 0 fully saturated rings. The molecule has 0 aliphatic carbocycles. The summed E-state index contributed by atoms with van der Waals surface area (Å²) >= 11 is 6.04. The van der Waals surface area contributed by atoms with Gasteiger partial charge in [0.25, 0.3) is 0 Å². The lowest BCUT2D eigenvalue weighted by Gasteiger charge is -2.07. The van der Waals surface area contributed by atoms with E-state index in [9.17, 15) is 9.59 Å². The molecule has 5 nitrogen and oxygen atoms in total. The number of ketones is 1. The Morgan fingerprint density at radius 1 is 1.38 bits per heavy atom. The van der Waals surface area contributed by atoms with E-state index in [1.165, 1.54) is 20.1 Å². The number of esters is 1. The molecule has 0 heterocycles. The SMILES string of the molecule is COCCOC(=O)/C(=C\c1cccc(C#N)c1Cl)C(C)=O. The van der Waals surface area contributed by atoms with Gasteiger partial charge in [-0.25, -0.2) is 4.79 Å². The summed E-state index contributed by atoms with van der Waals surface area (Å²) in [6, 6.07) is 6.70. The molecule has 0 spiro atoms. The lowest BCUT2D eigenvalue weighted by molar-refractivity contribution is -0.141. The minimum Gasteiger partial charge on any atom is -0.460 e. The van der Waals surface area contributed by atoms with E-state index in [1.807, 2.05) is 6.07 Å². The van der Waals surface area contributed by atoms with Crippen molar-refractivity contribution in [2.24, 2.45) is 0 Å². The van der Waals surface area contributed by atoms with E-state index in [4.69, 9.17) is 26.3 Å². The van der Waals surface area contributed by atoms with Crippen LogP contribution in [0.2, 0.25) is 5.02 Å². The Bertz CT molecular complexity index is 617. The third-order valence-corrected chi connectivity index (χ3v) is 2.99. The number of carbonyl (C=O) groups is 2. The predicted octanol–water partition coefficient (Wildman–Crippen LogP) is 2.37. The predicted molar refractivity (Wildman–Crippen MR) is 77.7 cm³/mol. The number of nitrogens with zero attached hydrogens (tertiary/aromatic N) is 1. The van der Waals surface area contributed by atoms with E-state index in [0.29, 0.717) is 5.56 Å². The quantitative estimate of drug-likeness (QED) is 0.265. The average Bonchev–Trinajstić information content (AvgIpc) is 2.45. The zero-order valence-electron chi connectivity index (χ0n) is 11.7. The molecule has 0 saturated carbocycles. The van der Waals surface area contributed by atoms with Crippen LogP contribution in [0, 0.1) is 11.3 Å². The standard InChI is InChI=1S/C15H14ClNO4/c1-10(18)13(15(19)21-7-6-20-2)8-11-4-3-5-12(9-17)14(11)16/h3-5,8H,6-7H2,1-2H3/b13-8-. The third kappa shape index (κ3) is 4.71. The van der Waals surface area contributed by atoms with Crippen LogP contribution in [0.5, 0.6) is 0 Å². The van der Waals surface area contributed by atoms with Crippen LogP contribution in [0.3, 0.4) is 0 Å². The number of nitriles is 1. The first-order valence-electron chi connectivity index (χ1n) is 6.08. The summed E-state index contributed by atoms with van der Waals surface area (Å²) in [5.41, 5.74) is 0.536. The van der Waals surface area contributed by atoms with Crippen molar-refractivity contribution >= 4 is 29.4 Å². The molecular weight excluding hydrogens is 294 g/mol. The second kappa shape index (κ2) is 8.20. The largest absolute Gasteiger partial charge is 0.460 e. The van der Waals surface area contributed by atoms with Crippen LogP contribution in [-0.2, 0) is 19.1 Å². The van der Waals surface area contributed by atoms with Crippen molar-refractivity contribution < 1.29 is 19.1 Å². The van der Waals surface area contributed by atoms with Crippen molar-refractivity contribution in [2.75, 3.05) is 20.3 Å². The van der Waals surface area contributed by atoms with Crippen LogP contribution in [0.1, 0.15) is 18.1 Å². The summed E-state index contributed by atoms with van der Waals surface area (Å²) in [6.07, 6.45) is 1.32. The van der Waals surface area contributed by atoms with Crippen LogP contribution < -0.4 is 0 Å². The van der Waals surface area contributed by atoms with Gasteiger partial charge in [-0.1, -0.05) is 23.7 Å². The Kier molecular flexibility index (Phi) is 6.60. The van der Waals surface area contributed by atoms with Gasteiger partial charge in [-0.05, 0) is 24.6 Å². The van der Waals surface area contributed by atoms with E-state index < -0.39 is 11.8 Å². The van der Waals surface area contributed by atoms with Gasteiger partial charge in [0.1, 0.15) is 18.2 Å². The highest BCUT2D eigenvalue weighted by Crippen LogP contribution is 2.23. The summed E-state index contributed by atoms with van der Waals surface area (Å²) in [5, 5.41) is 9.09. The Morgan fingerprint density at radius 2 is 2.10 bits per heavy atom. The number of carbonyl (C=O) groups excluding carboxylic acids is 2. The Labute approximate surface area is 127 Å². The van der Waals surface area contributed by atoms with Crippen molar-refractivity contribution in [3.05, 3.63) is 39.9 Å². The first-order chi connectivity index (χ1) is 10.0. The van der Waals surface area contributed by atoms with Crippen molar-refractivity contribution in [3.63, 3.8) is 0 Å². The molecule has 1 aromatic carbocycles. The molecule has 0 aliphatic rings. The second-order valence-corrected chi connectivity index (χ2v) is 4.44. The van der Waals surface area contributed by atoms with Crippen LogP contribution in [0.4, 0.5) is 0 Å². The monoisotopic (exact) mass is 307 g/mol. The van der Waals surface area contributed by atoms with E-state index in [2.05, 4.69) is 0 Å². The first-order valence-corrected chi connectivity index (χ1v) is 6.46. The van der Waals surface area contributed by atoms with Gasteiger partial charge in [-0.15, -0.1) is 0 Å². The number of hydrogen-bond donors (Lipinski definition) is 0. The van der Waals surface area contributed by atoms with Gasteiger partial charge in [0.15, 0.2) is 5.78 Å². The highest BCUT2D eigenvalue weighted by molar-refractivity contribution is 6.33. The fraction of sp³-hybridized carbons (Fsp3) is 0.267. The topological polar surface area (TPSA) is 76.4 Å². The maximum absolute atomic E-state index is 11.9. The normalized spacial score (nSPS) is 10.9. The number of halogens is 1. The van der Waals surface area contributed by atoms with Gasteiger partial charge >= 0.3 is 5.97 Å². The maximum Gasteiger partial charge on any atom is 0.341 e. The Morgan fingerprint density at radius 3 is 2.67 bits per heavy atom. The second-order valence-electron chi connectivity index (χ2n) is 4.06. The molecular formula is C15H14ClNO4. The molecule has 110 valence electrons. The summed E-state index contributed by atoms with van der Waals surface area (Å²) in [7, 11) is 1.47. The summed E-state index contributed by atoms with van der Waals surface area (Å²) in [5.74, 6) is -1.20. The molecule has 21 heavy (non-hydrogen) atoms. The first kappa shape index (κ1) is 16.9. The molecule has 0 atom stereocenters. The summed E-state index contributed by atoms with van der Waals surface area (Å²) in [6.45, 7) is 1.54. The van der Waals surface area contributed by atoms with Gasteiger partial charge in [-0.2, -0.15) is 5.26 Å². The van der Waals surface area contributed by atoms with Crippen LogP contribution in [0.15, 0.2) is 23.8 Å². The van der Waals surface area contributed by atoms with Crippen LogP contribution in [-0.4, -0.2) is 32.1 Å².